The molecule has 2 N–H and O–H groups in total. The molecule has 140 valence electrons. The fourth-order valence-electron chi connectivity index (χ4n) is 3.13. The second kappa shape index (κ2) is 7.58. The standard InChI is InChI=1S/C22H24N2O3/c1-4-22(21(25)26-3,17-9-7-16(2)8-10-17)27-20-12-11-18(23)15-19(20)24-13-5-6-14-24/h5-15H,4,23H2,1-3H3/t22-/m1/s1. The Morgan fingerprint density at radius 2 is 1.78 bits per heavy atom. The quantitative estimate of drug-likeness (QED) is 0.525. The average Bonchev–Trinajstić information content (AvgIpc) is 3.22. The van der Waals surface area contributed by atoms with Crippen LogP contribution in [0.5, 0.6) is 5.75 Å². The highest BCUT2D eigenvalue weighted by atomic mass is 16.6. The number of anilines is 1. The lowest BCUT2D eigenvalue weighted by Gasteiger charge is -2.32. The molecule has 1 aromatic heterocycles. The average molecular weight is 364 g/mol. The molecule has 0 saturated heterocycles. The van der Waals surface area contributed by atoms with Gasteiger partial charge in [-0.15, -0.1) is 0 Å². The number of carbonyl (C=O) groups excluding carboxylic acids is 1. The SMILES string of the molecule is CC[C@](Oc1ccc(N)cc1-n1cccc1)(C(=O)OC)c1ccc(C)cc1. The highest BCUT2D eigenvalue weighted by Gasteiger charge is 2.43. The second-order valence-electron chi connectivity index (χ2n) is 6.46. The maximum atomic E-state index is 12.8. The van der Waals surface area contributed by atoms with E-state index in [1.807, 2.05) is 73.3 Å². The lowest BCUT2D eigenvalue weighted by Crippen LogP contribution is -2.42. The molecule has 1 atom stereocenters. The summed E-state index contributed by atoms with van der Waals surface area (Å²) in [4.78, 5) is 12.8. The second-order valence-corrected chi connectivity index (χ2v) is 6.46. The van der Waals surface area contributed by atoms with Gasteiger partial charge < -0.3 is 19.8 Å². The fraction of sp³-hybridized carbons (Fsp3) is 0.227. The number of nitrogens with two attached hydrogens (primary N) is 1. The first kappa shape index (κ1) is 18.6. The minimum absolute atomic E-state index is 0.415. The molecule has 0 amide bonds. The van der Waals surface area contributed by atoms with Gasteiger partial charge in [-0.25, -0.2) is 4.79 Å². The van der Waals surface area contributed by atoms with Gasteiger partial charge in [0.25, 0.3) is 0 Å². The van der Waals surface area contributed by atoms with Gasteiger partial charge in [-0.2, -0.15) is 0 Å². The third-order valence-electron chi connectivity index (χ3n) is 4.68. The summed E-state index contributed by atoms with van der Waals surface area (Å²) in [6.45, 7) is 3.91. The molecule has 0 saturated carbocycles. The minimum Gasteiger partial charge on any atom is -0.469 e. The van der Waals surface area contributed by atoms with Crippen molar-refractivity contribution < 1.29 is 14.3 Å². The van der Waals surface area contributed by atoms with Gasteiger partial charge in [0.05, 0.1) is 12.8 Å². The smallest absolute Gasteiger partial charge is 0.354 e. The van der Waals surface area contributed by atoms with E-state index in [9.17, 15) is 4.79 Å². The molecule has 3 rings (SSSR count). The Labute approximate surface area is 159 Å². The Balaban J connectivity index is 2.13. The number of rotatable bonds is 6. The van der Waals surface area contributed by atoms with Gasteiger partial charge >= 0.3 is 5.97 Å². The number of nitrogens with zero attached hydrogens (tertiary/aromatic N) is 1. The van der Waals surface area contributed by atoms with Crippen molar-refractivity contribution in [1.82, 2.24) is 4.57 Å². The first-order chi connectivity index (χ1) is 13.0. The Morgan fingerprint density at radius 3 is 2.37 bits per heavy atom. The monoisotopic (exact) mass is 364 g/mol. The van der Waals surface area contributed by atoms with E-state index in [1.54, 1.807) is 12.1 Å². The van der Waals surface area contributed by atoms with Crippen LogP contribution in [0.2, 0.25) is 0 Å². The number of nitrogen functional groups attached to an aromatic ring is 1. The number of aromatic nitrogens is 1. The summed E-state index contributed by atoms with van der Waals surface area (Å²) in [6.07, 6.45) is 4.22. The Kier molecular flexibility index (Phi) is 5.21. The van der Waals surface area contributed by atoms with Crippen molar-refractivity contribution in [2.24, 2.45) is 0 Å². The maximum Gasteiger partial charge on any atom is 0.354 e. The van der Waals surface area contributed by atoms with Gasteiger partial charge in [0, 0.05) is 23.6 Å². The minimum atomic E-state index is -1.25. The Hall–Kier alpha value is -3.21. The van der Waals surface area contributed by atoms with E-state index in [0.717, 1.165) is 16.8 Å². The van der Waals surface area contributed by atoms with Crippen LogP contribution in [0, 0.1) is 6.92 Å². The van der Waals surface area contributed by atoms with Crippen molar-refractivity contribution in [2.75, 3.05) is 12.8 Å². The van der Waals surface area contributed by atoms with Crippen molar-refractivity contribution in [2.45, 2.75) is 25.9 Å². The van der Waals surface area contributed by atoms with E-state index in [4.69, 9.17) is 15.2 Å². The molecular formula is C22H24N2O3. The van der Waals surface area contributed by atoms with Crippen LogP contribution < -0.4 is 10.5 Å². The zero-order chi connectivity index (χ0) is 19.4. The molecule has 0 aliphatic rings. The zero-order valence-corrected chi connectivity index (χ0v) is 15.8. The summed E-state index contributed by atoms with van der Waals surface area (Å²) in [7, 11) is 1.38. The maximum absolute atomic E-state index is 12.8. The van der Waals surface area contributed by atoms with Gasteiger partial charge in [-0.05, 0) is 43.7 Å². The van der Waals surface area contributed by atoms with Crippen molar-refractivity contribution in [3.8, 4) is 11.4 Å². The largest absolute Gasteiger partial charge is 0.469 e. The van der Waals surface area contributed by atoms with E-state index >= 15 is 0 Å². The van der Waals surface area contributed by atoms with Gasteiger partial charge in [-0.1, -0.05) is 36.8 Å². The summed E-state index contributed by atoms with van der Waals surface area (Å²) in [5, 5.41) is 0. The van der Waals surface area contributed by atoms with Crippen molar-refractivity contribution in [3.63, 3.8) is 0 Å². The van der Waals surface area contributed by atoms with Crippen LogP contribution in [0.25, 0.3) is 5.69 Å². The van der Waals surface area contributed by atoms with E-state index in [2.05, 4.69) is 0 Å². The summed E-state index contributed by atoms with van der Waals surface area (Å²) in [5.74, 6) is 0.109. The molecule has 0 aliphatic heterocycles. The molecule has 2 aromatic carbocycles. The Morgan fingerprint density at radius 1 is 1.11 bits per heavy atom. The van der Waals surface area contributed by atoms with E-state index in [-0.39, 0.29) is 0 Å². The molecule has 0 aliphatic carbocycles. The molecular weight excluding hydrogens is 340 g/mol. The third kappa shape index (κ3) is 3.53. The molecule has 1 heterocycles. The molecule has 5 nitrogen and oxygen atoms in total. The van der Waals surface area contributed by atoms with Gasteiger partial charge in [0.15, 0.2) is 0 Å². The van der Waals surface area contributed by atoms with Crippen molar-refractivity contribution in [3.05, 3.63) is 78.1 Å². The number of esters is 1. The molecule has 0 fully saturated rings. The number of carbonyl (C=O) groups is 1. The number of benzene rings is 2. The van der Waals surface area contributed by atoms with Crippen LogP contribution in [-0.4, -0.2) is 17.6 Å². The number of hydrogen-bond donors (Lipinski definition) is 1. The lowest BCUT2D eigenvalue weighted by molar-refractivity contribution is -0.160. The number of methoxy groups -OCH3 is 1. The zero-order valence-electron chi connectivity index (χ0n) is 15.8. The molecule has 0 unspecified atom stereocenters. The molecule has 27 heavy (non-hydrogen) atoms. The van der Waals surface area contributed by atoms with Crippen LogP contribution in [-0.2, 0) is 15.1 Å². The topological polar surface area (TPSA) is 66.5 Å². The predicted molar refractivity (Wildman–Crippen MR) is 106 cm³/mol. The Bertz CT molecular complexity index is 917. The van der Waals surface area contributed by atoms with Crippen LogP contribution >= 0.6 is 0 Å². The van der Waals surface area contributed by atoms with Gasteiger partial charge in [0.1, 0.15) is 5.75 Å². The molecule has 3 aromatic rings. The summed E-state index contributed by atoms with van der Waals surface area (Å²) in [5.41, 5.74) is 7.96. The van der Waals surface area contributed by atoms with Crippen LogP contribution in [0.15, 0.2) is 67.0 Å². The van der Waals surface area contributed by atoms with Gasteiger partial charge in [-0.3, -0.25) is 0 Å². The summed E-state index contributed by atoms with van der Waals surface area (Å²) >= 11 is 0. The highest BCUT2D eigenvalue weighted by Crippen LogP contribution is 2.36. The van der Waals surface area contributed by atoms with Crippen LogP contribution in [0.4, 0.5) is 5.69 Å². The van der Waals surface area contributed by atoms with E-state index in [0.29, 0.717) is 17.9 Å². The number of hydrogen-bond acceptors (Lipinski definition) is 4. The first-order valence-corrected chi connectivity index (χ1v) is 8.87. The molecule has 5 heteroatoms. The van der Waals surface area contributed by atoms with E-state index < -0.39 is 11.6 Å². The molecule has 0 bridgehead atoms. The van der Waals surface area contributed by atoms with Crippen molar-refractivity contribution in [1.29, 1.82) is 0 Å². The van der Waals surface area contributed by atoms with Crippen LogP contribution in [0.1, 0.15) is 24.5 Å². The van der Waals surface area contributed by atoms with Gasteiger partial charge in [0.2, 0.25) is 5.60 Å². The normalized spacial score (nSPS) is 13.0. The predicted octanol–water partition coefficient (Wildman–Crippen LogP) is 4.23. The third-order valence-corrected chi connectivity index (χ3v) is 4.68. The van der Waals surface area contributed by atoms with E-state index in [1.165, 1.54) is 7.11 Å². The number of aryl methyl sites for hydroxylation is 1. The highest BCUT2D eigenvalue weighted by molar-refractivity contribution is 5.82. The molecule has 0 spiro atoms. The van der Waals surface area contributed by atoms with Crippen LogP contribution in [0.3, 0.4) is 0 Å². The fourth-order valence-corrected chi connectivity index (χ4v) is 3.13. The molecule has 0 radical (unpaired) electrons. The number of ether oxygens (including phenoxy) is 2. The summed E-state index contributed by atoms with van der Waals surface area (Å²) < 4.78 is 13.4. The lowest BCUT2D eigenvalue weighted by atomic mass is 9.90. The first-order valence-electron chi connectivity index (χ1n) is 8.87. The summed E-state index contributed by atoms with van der Waals surface area (Å²) in [6, 6.07) is 16.9. The van der Waals surface area contributed by atoms with Crippen molar-refractivity contribution >= 4 is 11.7 Å².